The van der Waals surface area contributed by atoms with Crippen LogP contribution in [0.2, 0.25) is 0 Å². The molecule has 1 aliphatic heterocycles. The number of carbonyl (C=O) groups excluding carboxylic acids is 1. The first-order chi connectivity index (χ1) is 15.1. The molecule has 1 N–H and O–H groups in total. The minimum atomic E-state index is 0.109. The van der Waals surface area contributed by atoms with Crippen LogP contribution in [-0.4, -0.2) is 50.6 Å². The Morgan fingerprint density at radius 3 is 2.42 bits per heavy atom. The second-order valence-electron chi connectivity index (χ2n) is 8.44. The molecule has 2 aromatic rings. The van der Waals surface area contributed by atoms with E-state index >= 15 is 0 Å². The van der Waals surface area contributed by atoms with Gasteiger partial charge in [-0.25, -0.2) is 0 Å². The van der Waals surface area contributed by atoms with E-state index in [-0.39, 0.29) is 5.91 Å². The van der Waals surface area contributed by atoms with Gasteiger partial charge in [0.25, 0.3) is 0 Å². The van der Waals surface area contributed by atoms with E-state index < -0.39 is 0 Å². The van der Waals surface area contributed by atoms with Gasteiger partial charge >= 0.3 is 0 Å². The number of anilines is 2. The minimum absolute atomic E-state index is 0.109. The highest BCUT2D eigenvalue weighted by Crippen LogP contribution is 2.28. The van der Waals surface area contributed by atoms with Crippen molar-refractivity contribution < 1.29 is 9.53 Å². The summed E-state index contributed by atoms with van der Waals surface area (Å²) >= 11 is 0. The topological polar surface area (TPSA) is 44.8 Å². The first-order valence-corrected chi connectivity index (χ1v) is 11.6. The lowest BCUT2D eigenvalue weighted by Crippen LogP contribution is -2.46. The smallest absolute Gasteiger partial charge is 0.224 e. The van der Waals surface area contributed by atoms with Gasteiger partial charge in [-0.05, 0) is 61.6 Å². The number of para-hydroxylation sites is 2. The summed E-state index contributed by atoms with van der Waals surface area (Å²) in [7, 11) is 1.73. The number of benzene rings is 2. The maximum absolute atomic E-state index is 12.3. The van der Waals surface area contributed by atoms with Crippen LogP contribution in [-0.2, 0) is 4.79 Å². The summed E-state index contributed by atoms with van der Waals surface area (Å²) < 4.78 is 5.50. The predicted octanol–water partition coefficient (Wildman–Crippen LogP) is 5.14. The lowest BCUT2D eigenvalue weighted by molar-refractivity contribution is -0.116. The molecule has 1 amide bonds. The number of carbonyl (C=O) groups is 1. The molecule has 0 saturated carbocycles. The number of hydrogen-bond donors (Lipinski definition) is 1. The van der Waals surface area contributed by atoms with Gasteiger partial charge in [-0.2, -0.15) is 0 Å². The second kappa shape index (κ2) is 11.8. The van der Waals surface area contributed by atoms with E-state index in [4.69, 9.17) is 4.74 Å². The number of ether oxygens (including phenoxy) is 1. The summed E-state index contributed by atoms with van der Waals surface area (Å²) in [4.78, 5) is 17.2. The van der Waals surface area contributed by atoms with Crippen LogP contribution in [0.15, 0.2) is 48.5 Å². The zero-order chi connectivity index (χ0) is 22.1. The number of piperazine rings is 1. The van der Waals surface area contributed by atoms with Crippen molar-refractivity contribution in [2.24, 2.45) is 0 Å². The second-order valence-corrected chi connectivity index (χ2v) is 8.44. The van der Waals surface area contributed by atoms with Crippen LogP contribution < -0.4 is 15.0 Å². The third kappa shape index (κ3) is 6.73. The molecule has 3 rings (SSSR count). The molecular formula is C26H37N3O2. The fourth-order valence-corrected chi connectivity index (χ4v) is 4.08. The highest BCUT2D eigenvalue weighted by atomic mass is 16.5. The van der Waals surface area contributed by atoms with Crippen LogP contribution in [0.1, 0.15) is 51.0 Å². The maximum atomic E-state index is 12.3. The number of hydrogen-bond acceptors (Lipinski definition) is 4. The Labute approximate surface area is 187 Å². The Morgan fingerprint density at radius 1 is 1.03 bits per heavy atom. The van der Waals surface area contributed by atoms with E-state index in [0.29, 0.717) is 12.3 Å². The normalized spacial score (nSPS) is 15.5. The number of rotatable bonds is 10. The molecule has 5 heteroatoms. The monoisotopic (exact) mass is 423 g/mol. The molecule has 1 saturated heterocycles. The third-order valence-electron chi connectivity index (χ3n) is 6.30. The van der Waals surface area contributed by atoms with Gasteiger partial charge < -0.3 is 15.0 Å². The molecular weight excluding hydrogens is 386 g/mol. The first-order valence-electron chi connectivity index (χ1n) is 11.6. The van der Waals surface area contributed by atoms with Crippen LogP contribution in [0.4, 0.5) is 11.4 Å². The number of nitrogens with zero attached hydrogens (tertiary/aromatic N) is 2. The number of nitrogens with one attached hydrogen (secondary N) is 1. The van der Waals surface area contributed by atoms with E-state index in [2.05, 4.69) is 53.2 Å². The Balaban J connectivity index is 1.33. The van der Waals surface area contributed by atoms with Gasteiger partial charge in [0.2, 0.25) is 5.91 Å². The van der Waals surface area contributed by atoms with Crippen molar-refractivity contribution >= 4 is 17.3 Å². The molecule has 1 fully saturated rings. The van der Waals surface area contributed by atoms with Gasteiger partial charge in [0.15, 0.2) is 0 Å². The van der Waals surface area contributed by atoms with Gasteiger partial charge in [0.05, 0.1) is 12.8 Å². The van der Waals surface area contributed by atoms with Crippen molar-refractivity contribution in [1.29, 1.82) is 0 Å². The van der Waals surface area contributed by atoms with Gasteiger partial charge in [0, 0.05) is 38.3 Å². The van der Waals surface area contributed by atoms with Crippen molar-refractivity contribution in [2.75, 3.05) is 50.1 Å². The lowest BCUT2D eigenvalue weighted by Gasteiger charge is -2.36. The summed E-state index contributed by atoms with van der Waals surface area (Å²) in [5.41, 5.74) is 3.40. The Bertz CT molecular complexity index is 814. The SMILES string of the molecule is CCC(C)c1ccc(NC(=O)CCCCN2CCN(c3ccccc3OC)CC2)cc1. The Hall–Kier alpha value is -2.53. The van der Waals surface area contributed by atoms with Gasteiger partial charge in [-0.1, -0.05) is 38.1 Å². The molecule has 1 unspecified atom stereocenters. The summed E-state index contributed by atoms with van der Waals surface area (Å²) in [6.07, 6.45) is 3.67. The molecule has 1 heterocycles. The zero-order valence-corrected chi connectivity index (χ0v) is 19.3. The van der Waals surface area contributed by atoms with Crippen LogP contribution >= 0.6 is 0 Å². The molecule has 2 aromatic carbocycles. The fraction of sp³-hybridized carbons (Fsp3) is 0.500. The van der Waals surface area contributed by atoms with E-state index in [1.165, 1.54) is 11.3 Å². The van der Waals surface area contributed by atoms with Crippen molar-refractivity contribution in [3.05, 3.63) is 54.1 Å². The average molecular weight is 424 g/mol. The maximum Gasteiger partial charge on any atom is 0.224 e. The molecule has 0 aliphatic carbocycles. The van der Waals surface area contributed by atoms with Crippen LogP contribution in [0, 0.1) is 0 Å². The summed E-state index contributed by atoms with van der Waals surface area (Å²) in [6, 6.07) is 16.5. The van der Waals surface area contributed by atoms with Gasteiger partial charge in [-0.3, -0.25) is 9.69 Å². The van der Waals surface area contributed by atoms with Gasteiger partial charge in [-0.15, -0.1) is 0 Å². The summed E-state index contributed by atoms with van der Waals surface area (Å²) in [6.45, 7) is 9.59. The predicted molar refractivity (Wildman–Crippen MR) is 129 cm³/mol. The van der Waals surface area contributed by atoms with E-state index in [9.17, 15) is 4.79 Å². The zero-order valence-electron chi connectivity index (χ0n) is 19.3. The van der Waals surface area contributed by atoms with Crippen molar-refractivity contribution in [1.82, 2.24) is 4.90 Å². The van der Waals surface area contributed by atoms with Gasteiger partial charge in [0.1, 0.15) is 5.75 Å². The molecule has 31 heavy (non-hydrogen) atoms. The van der Waals surface area contributed by atoms with Crippen molar-refractivity contribution in [3.63, 3.8) is 0 Å². The highest BCUT2D eigenvalue weighted by molar-refractivity contribution is 5.90. The van der Waals surface area contributed by atoms with Crippen molar-refractivity contribution in [2.45, 2.75) is 45.4 Å². The van der Waals surface area contributed by atoms with Crippen LogP contribution in [0.5, 0.6) is 5.75 Å². The van der Waals surface area contributed by atoms with Crippen LogP contribution in [0.3, 0.4) is 0 Å². The summed E-state index contributed by atoms with van der Waals surface area (Å²) in [5, 5.41) is 3.03. The van der Waals surface area contributed by atoms with E-state index in [1.807, 2.05) is 24.3 Å². The average Bonchev–Trinajstić information content (AvgIpc) is 2.82. The molecule has 5 nitrogen and oxygen atoms in total. The Kier molecular flexibility index (Phi) is 8.77. The largest absolute Gasteiger partial charge is 0.495 e. The van der Waals surface area contributed by atoms with E-state index in [0.717, 1.165) is 63.4 Å². The molecule has 168 valence electrons. The molecule has 0 spiro atoms. The fourth-order valence-electron chi connectivity index (χ4n) is 4.08. The lowest BCUT2D eigenvalue weighted by atomic mass is 9.99. The highest BCUT2D eigenvalue weighted by Gasteiger charge is 2.19. The molecule has 0 bridgehead atoms. The standard InChI is InChI=1S/C26H37N3O2/c1-4-21(2)22-12-14-23(15-13-22)27-26(30)11-7-8-16-28-17-19-29(20-18-28)24-9-5-6-10-25(24)31-3/h5-6,9-10,12-15,21H,4,7-8,11,16-20H2,1-3H3,(H,27,30). The van der Waals surface area contributed by atoms with Crippen molar-refractivity contribution in [3.8, 4) is 5.75 Å². The quantitative estimate of drug-likeness (QED) is 0.538. The minimum Gasteiger partial charge on any atom is -0.495 e. The van der Waals surface area contributed by atoms with Crippen LogP contribution in [0.25, 0.3) is 0 Å². The molecule has 1 atom stereocenters. The molecule has 0 radical (unpaired) electrons. The number of methoxy groups -OCH3 is 1. The van der Waals surface area contributed by atoms with E-state index in [1.54, 1.807) is 7.11 Å². The first kappa shape index (κ1) is 23.1. The third-order valence-corrected chi connectivity index (χ3v) is 6.30. The molecule has 0 aromatic heterocycles. The molecule has 1 aliphatic rings. The number of unbranched alkanes of at least 4 members (excludes halogenated alkanes) is 1. The summed E-state index contributed by atoms with van der Waals surface area (Å²) in [5.74, 6) is 1.61. The Morgan fingerprint density at radius 2 is 1.74 bits per heavy atom. The number of amides is 1.